The largest absolute Gasteiger partial charge is 0.490 e. The number of para-hydroxylation sites is 1. The van der Waals surface area contributed by atoms with Crippen LogP contribution in [0.2, 0.25) is 0 Å². The molecule has 112 valence electrons. The molecule has 1 aromatic heterocycles. The Morgan fingerprint density at radius 3 is 2.62 bits per heavy atom. The Morgan fingerprint density at radius 1 is 1.38 bits per heavy atom. The first kappa shape index (κ1) is 15.3. The fourth-order valence-corrected chi connectivity index (χ4v) is 3.41. The van der Waals surface area contributed by atoms with Crippen molar-refractivity contribution in [2.24, 2.45) is 0 Å². The quantitative estimate of drug-likeness (QED) is 0.654. The van der Waals surface area contributed by atoms with Crippen molar-refractivity contribution in [2.45, 2.75) is 26.8 Å². The first-order chi connectivity index (χ1) is 9.93. The molecule has 6 heteroatoms. The average Bonchev–Trinajstić information content (AvgIpc) is 2.77. The molecule has 0 saturated heterocycles. The Bertz CT molecular complexity index is 667. The maximum Gasteiger partial charge on any atom is 0.333 e. The summed E-state index contributed by atoms with van der Waals surface area (Å²) in [5, 5.41) is 14.5. The van der Waals surface area contributed by atoms with Crippen LogP contribution in [0, 0.1) is 24.0 Å². The molecule has 0 amide bonds. The predicted molar refractivity (Wildman–Crippen MR) is 85.5 cm³/mol. The van der Waals surface area contributed by atoms with E-state index in [0.717, 1.165) is 5.56 Å². The average molecular weight is 306 g/mol. The van der Waals surface area contributed by atoms with Gasteiger partial charge in [-0.1, -0.05) is 6.07 Å². The van der Waals surface area contributed by atoms with E-state index in [2.05, 4.69) is 25.2 Å². The molecule has 1 unspecified atom stereocenters. The third-order valence-corrected chi connectivity index (χ3v) is 4.30. The van der Waals surface area contributed by atoms with Gasteiger partial charge < -0.3 is 10.1 Å². The van der Waals surface area contributed by atoms with Gasteiger partial charge in [0.1, 0.15) is 5.69 Å². The Balaban J connectivity index is 2.35. The van der Waals surface area contributed by atoms with Crippen LogP contribution in [0.5, 0.6) is 5.75 Å². The van der Waals surface area contributed by atoms with Crippen LogP contribution in [0.3, 0.4) is 0 Å². The van der Waals surface area contributed by atoms with Crippen LogP contribution >= 0.6 is 11.3 Å². The molecule has 1 N–H and O–H groups in total. The number of aryl methyl sites for hydroxylation is 2. The van der Waals surface area contributed by atoms with Gasteiger partial charge in [0, 0.05) is 15.8 Å². The van der Waals surface area contributed by atoms with Gasteiger partial charge >= 0.3 is 5.69 Å². The molecule has 5 nitrogen and oxygen atoms in total. The summed E-state index contributed by atoms with van der Waals surface area (Å²) in [6, 6.07) is 7.14. The summed E-state index contributed by atoms with van der Waals surface area (Å²) in [7, 11) is 1.43. The smallest absolute Gasteiger partial charge is 0.333 e. The number of nitrogens with zero attached hydrogens (tertiary/aromatic N) is 1. The van der Waals surface area contributed by atoms with Crippen LogP contribution in [0.1, 0.15) is 28.3 Å². The summed E-state index contributed by atoms with van der Waals surface area (Å²) in [4.78, 5) is 13.3. The lowest BCUT2D eigenvalue weighted by atomic mass is 10.1. The molecule has 0 bridgehead atoms. The van der Waals surface area contributed by atoms with Gasteiger partial charge in [0.15, 0.2) is 5.75 Å². The summed E-state index contributed by atoms with van der Waals surface area (Å²) in [5.41, 5.74) is 1.60. The number of nitrogens with one attached hydrogen (secondary N) is 1. The van der Waals surface area contributed by atoms with Crippen molar-refractivity contribution >= 4 is 22.7 Å². The van der Waals surface area contributed by atoms with Gasteiger partial charge in [0.2, 0.25) is 0 Å². The highest BCUT2D eigenvalue weighted by molar-refractivity contribution is 7.12. The van der Waals surface area contributed by atoms with Crippen molar-refractivity contribution in [3.05, 3.63) is 49.7 Å². The molecule has 0 aliphatic heterocycles. The molecular formula is C15H18N2O3S. The summed E-state index contributed by atoms with van der Waals surface area (Å²) in [6.45, 7) is 6.12. The van der Waals surface area contributed by atoms with E-state index in [1.807, 2.05) is 6.92 Å². The Morgan fingerprint density at radius 2 is 2.10 bits per heavy atom. The highest BCUT2D eigenvalue weighted by Gasteiger charge is 2.22. The van der Waals surface area contributed by atoms with Crippen molar-refractivity contribution in [3.63, 3.8) is 0 Å². The van der Waals surface area contributed by atoms with Crippen molar-refractivity contribution < 1.29 is 9.66 Å². The Hall–Kier alpha value is -2.08. The molecular weight excluding hydrogens is 288 g/mol. The second-order valence-electron chi connectivity index (χ2n) is 4.85. The van der Waals surface area contributed by atoms with Gasteiger partial charge in [-0.15, -0.1) is 11.3 Å². The Labute approximate surface area is 127 Å². The lowest BCUT2D eigenvalue weighted by Gasteiger charge is -2.16. The van der Waals surface area contributed by atoms with Crippen molar-refractivity contribution in [1.29, 1.82) is 0 Å². The van der Waals surface area contributed by atoms with Crippen LogP contribution < -0.4 is 10.1 Å². The summed E-state index contributed by atoms with van der Waals surface area (Å²) in [5.74, 6) is 0.260. The fourth-order valence-electron chi connectivity index (χ4n) is 2.38. The topological polar surface area (TPSA) is 64.4 Å². The molecule has 2 rings (SSSR count). The number of hydrogen-bond acceptors (Lipinski definition) is 5. The molecule has 0 aliphatic rings. The number of nitro groups is 1. The van der Waals surface area contributed by atoms with Gasteiger partial charge in [-0.3, -0.25) is 10.1 Å². The maximum absolute atomic E-state index is 11.3. The van der Waals surface area contributed by atoms with Gasteiger partial charge in [-0.25, -0.2) is 0 Å². The molecule has 1 heterocycles. The number of hydrogen-bond donors (Lipinski definition) is 1. The van der Waals surface area contributed by atoms with E-state index < -0.39 is 4.92 Å². The van der Waals surface area contributed by atoms with E-state index in [9.17, 15) is 10.1 Å². The number of nitro benzene ring substituents is 1. The first-order valence-electron chi connectivity index (χ1n) is 6.59. The molecule has 1 atom stereocenters. The number of anilines is 1. The van der Waals surface area contributed by atoms with Crippen LogP contribution in [0.15, 0.2) is 24.3 Å². The molecule has 0 aliphatic carbocycles. The Kier molecular flexibility index (Phi) is 4.47. The van der Waals surface area contributed by atoms with Crippen LogP contribution in [0.4, 0.5) is 11.4 Å². The molecule has 21 heavy (non-hydrogen) atoms. The molecule has 2 aromatic rings. The third kappa shape index (κ3) is 3.16. The highest BCUT2D eigenvalue weighted by Crippen LogP contribution is 2.37. The summed E-state index contributed by atoms with van der Waals surface area (Å²) in [6.07, 6.45) is 0. The zero-order chi connectivity index (χ0) is 15.6. The summed E-state index contributed by atoms with van der Waals surface area (Å²) >= 11 is 1.73. The lowest BCUT2D eigenvalue weighted by Crippen LogP contribution is -2.09. The highest BCUT2D eigenvalue weighted by atomic mass is 32.1. The van der Waals surface area contributed by atoms with Crippen molar-refractivity contribution in [1.82, 2.24) is 0 Å². The standard InChI is InChI=1S/C15H18N2O3S/c1-9-8-12(11(3)21-9)10(2)16-13-6-5-7-14(20-4)15(13)17(18)19/h5-8,10,16H,1-4H3. The van der Waals surface area contributed by atoms with Crippen molar-refractivity contribution in [2.75, 3.05) is 12.4 Å². The van der Waals surface area contributed by atoms with E-state index in [-0.39, 0.29) is 17.5 Å². The monoisotopic (exact) mass is 306 g/mol. The predicted octanol–water partition coefficient (Wildman–Crippen LogP) is 4.45. The van der Waals surface area contributed by atoms with Crippen molar-refractivity contribution in [3.8, 4) is 5.75 Å². The van der Waals surface area contributed by atoms with Crippen LogP contribution in [-0.4, -0.2) is 12.0 Å². The van der Waals surface area contributed by atoms with Gasteiger partial charge in [0.25, 0.3) is 0 Å². The number of methoxy groups -OCH3 is 1. The molecule has 0 fully saturated rings. The normalized spacial score (nSPS) is 12.0. The van der Waals surface area contributed by atoms with Crippen LogP contribution in [-0.2, 0) is 0 Å². The summed E-state index contributed by atoms with van der Waals surface area (Å²) < 4.78 is 5.08. The van der Waals surface area contributed by atoms with Gasteiger partial charge in [-0.2, -0.15) is 0 Å². The third-order valence-electron chi connectivity index (χ3n) is 3.32. The van der Waals surface area contributed by atoms with E-state index in [0.29, 0.717) is 5.69 Å². The number of thiophene rings is 1. The second kappa shape index (κ2) is 6.13. The number of rotatable bonds is 5. The fraction of sp³-hybridized carbons (Fsp3) is 0.333. The molecule has 1 aromatic carbocycles. The minimum atomic E-state index is -0.417. The van der Waals surface area contributed by atoms with Gasteiger partial charge in [0.05, 0.1) is 12.0 Å². The lowest BCUT2D eigenvalue weighted by molar-refractivity contribution is -0.384. The first-order valence-corrected chi connectivity index (χ1v) is 7.40. The zero-order valence-electron chi connectivity index (χ0n) is 12.5. The zero-order valence-corrected chi connectivity index (χ0v) is 13.3. The van der Waals surface area contributed by atoms with E-state index >= 15 is 0 Å². The van der Waals surface area contributed by atoms with Gasteiger partial charge in [-0.05, 0) is 44.5 Å². The number of ether oxygens (including phenoxy) is 1. The SMILES string of the molecule is COc1cccc(NC(C)c2cc(C)sc2C)c1[N+](=O)[O-]. The maximum atomic E-state index is 11.3. The molecule has 0 saturated carbocycles. The minimum absolute atomic E-state index is 0.0132. The van der Waals surface area contributed by atoms with E-state index in [4.69, 9.17) is 4.74 Å². The number of benzene rings is 1. The van der Waals surface area contributed by atoms with E-state index in [1.54, 1.807) is 29.5 Å². The molecule has 0 spiro atoms. The van der Waals surface area contributed by atoms with E-state index in [1.165, 1.54) is 16.9 Å². The second-order valence-corrected chi connectivity index (χ2v) is 6.31. The minimum Gasteiger partial charge on any atom is -0.490 e. The van der Waals surface area contributed by atoms with Crippen LogP contribution in [0.25, 0.3) is 0 Å². The molecule has 0 radical (unpaired) electrons.